The predicted octanol–water partition coefficient (Wildman–Crippen LogP) is 5.83. The molecule has 0 N–H and O–H groups in total. The molecule has 0 saturated heterocycles. The molecule has 0 spiro atoms. The van der Waals surface area contributed by atoms with Gasteiger partial charge in [0.2, 0.25) is 0 Å². The Hall–Kier alpha value is -4.16. The molecule has 0 aliphatic carbocycles. The van der Waals surface area contributed by atoms with Crippen molar-refractivity contribution in [2.24, 2.45) is 4.99 Å². The van der Waals surface area contributed by atoms with Gasteiger partial charge in [0, 0.05) is 15.6 Å². The molecular weight excluding hydrogens is 649 g/mol. The molecule has 0 unspecified atom stereocenters. The summed E-state index contributed by atoms with van der Waals surface area (Å²) in [7, 11) is 1.37. The maximum atomic E-state index is 14.6. The molecule has 1 aromatic heterocycles. The lowest BCUT2D eigenvalue weighted by molar-refractivity contribution is -0.140. The van der Waals surface area contributed by atoms with Crippen LogP contribution in [0.5, 0.6) is 11.5 Å². The number of carbonyl (C=O) groups is 1. The molecule has 1 atom stereocenters. The van der Waals surface area contributed by atoms with Gasteiger partial charge in [-0.3, -0.25) is 9.36 Å². The van der Waals surface area contributed by atoms with E-state index in [0.29, 0.717) is 26.6 Å². The number of esters is 1. The van der Waals surface area contributed by atoms with Crippen molar-refractivity contribution >= 4 is 50.1 Å². The number of allylic oxidation sites excluding steroid dienone is 1. The van der Waals surface area contributed by atoms with Gasteiger partial charge in [0.15, 0.2) is 10.5 Å². The average Bonchev–Trinajstić information content (AvgIpc) is 3.29. The van der Waals surface area contributed by atoms with Gasteiger partial charge < -0.3 is 14.2 Å². The molecule has 4 aromatic rings. The molecule has 0 radical (unpaired) electrons. The third-order valence-electron chi connectivity index (χ3n) is 6.63. The molecule has 2 heterocycles. The number of hydrogen-bond acceptors (Lipinski definition) is 7. The van der Waals surface area contributed by atoms with Gasteiger partial charge in [-0.1, -0.05) is 70.3 Å². The van der Waals surface area contributed by atoms with E-state index in [0.717, 1.165) is 15.9 Å². The topological polar surface area (TPSA) is 79.1 Å². The van der Waals surface area contributed by atoms with Crippen LogP contribution in [0.15, 0.2) is 92.8 Å². The maximum Gasteiger partial charge on any atom is 0.434 e. The van der Waals surface area contributed by atoms with Crippen molar-refractivity contribution in [2.75, 3.05) is 20.3 Å². The average molecular weight is 674 g/mol. The Morgan fingerprint density at radius 1 is 1.16 bits per heavy atom. The van der Waals surface area contributed by atoms with Gasteiger partial charge in [-0.15, -0.1) is 0 Å². The molecule has 0 amide bonds. The van der Waals surface area contributed by atoms with Crippen LogP contribution in [0, 0.1) is 0 Å². The zero-order chi connectivity index (χ0) is 30.9. The Morgan fingerprint density at radius 2 is 1.91 bits per heavy atom. The largest absolute Gasteiger partial charge is 0.496 e. The first kappa shape index (κ1) is 30.3. The van der Waals surface area contributed by atoms with Crippen molar-refractivity contribution in [3.05, 3.63) is 114 Å². The van der Waals surface area contributed by atoms with Crippen LogP contribution in [-0.4, -0.2) is 37.0 Å². The first-order valence-electron chi connectivity index (χ1n) is 13.0. The third-order valence-corrected chi connectivity index (χ3v) is 8.11. The second-order valence-corrected chi connectivity index (χ2v) is 11.2. The van der Waals surface area contributed by atoms with Crippen molar-refractivity contribution in [2.45, 2.75) is 19.1 Å². The summed E-state index contributed by atoms with van der Waals surface area (Å²) < 4.78 is 62.2. The number of benzene rings is 3. The monoisotopic (exact) mass is 672 g/mol. The Kier molecular flexibility index (Phi) is 8.61. The van der Waals surface area contributed by atoms with Crippen molar-refractivity contribution in [1.82, 2.24) is 4.57 Å². The number of halogens is 4. The molecule has 43 heavy (non-hydrogen) atoms. The number of fused-ring (bicyclic) bond motifs is 2. The number of thiazole rings is 1. The Labute approximate surface area is 256 Å². The van der Waals surface area contributed by atoms with Gasteiger partial charge in [-0.05, 0) is 48.0 Å². The first-order chi connectivity index (χ1) is 20.6. The number of nitrogens with zero attached hydrogens (tertiary/aromatic N) is 2. The van der Waals surface area contributed by atoms with E-state index in [1.807, 2.05) is 0 Å². The summed E-state index contributed by atoms with van der Waals surface area (Å²) in [5.41, 5.74) is -2.19. The minimum Gasteiger partial charge on any atom is -0.496 e. The molecule has 5 rings (SSSR count). The van der Waals surface area contributed by atoms with Gasteiger partial charge in [0.1, 0.15) is 24.1 Å². The van der Waals surface area contributed by atoms with Crippen molar-refractivity contribution < 1.29 is 32.2 Å². The molecule has 1 aliphatic rings. The second kappa shape index (κ2) is 12.2. The number of ether oxygens (including phenoxy) is 3. The zero-order valence-electron chi connectivity index (χ0n) is 22.9. The lowest BCUT2D eigenvalue weighted by atomic mass is 9.90. The van der Waals surface area contributed by atoms with Crippen LogP contribution < -0.4 is 24.4 Å². The van der Waals surface area contributed by atoms with E-state index in [1.165, 1.54) is 20.1 Å². The smallest absolute Gasteiger partial charge is 0.434 e. The van der Waals surface area contributed by atoms with Crippen LogP contribution in [0.4, 0.5) is 13.2 Å². The lowest BCUT2D eigenvalue weighted by Gasteiger charge is -2.28. The summed E-state index contributed by atoms with van der Waals surface area (Å²) >= 11 is 4.18. The first-order valence-corrected chi connectivity index (χ1v) is 14.6. The van der Waals surface area contributed by atoms with Crippen LogP contribution in [0.2, 0.25) is 0 Å². The number of rotatable bonds is 8. The standard InChI is InChI=1S/C31H24BrF3N2O5S/c1-4-14-42-21-13-11-19(32)15-18(21)16-23-28(38)37-26(24-20-9-7-6-8-17(20)10-12-22(24)40-3)25(29(39)41-5-2)27(31(33,34)35)36-30(37)43-23/h4,6-13,15-16,26H,1,5,14H2,2-3H3/b23-16-/t26-/m0/s1. The van der Waals surface area contributed by atoms with Gasteiger partial charge in [-0.2, -0.15) is 13.2 Å². The highest BCUT2D eigenvalue weighted by atomic mass is 79.9. The predicted molar refractivity (Wildman–Crippen MR) is 161 cm³/mol. The summed E-state index contributed by atoms with van der Waals surface area (Å²) in [6.45, 7) is 5.14. The van der Waals surface area contributed by atoms with Crippen LogP contribution in [0.25, 0.3) is 16.8 Å². The fraction of sp³-hybridized carbons (Fsp3) is 0.194. The van der Waals surface area contributed by atoms with Crippen LogP contribution in [-0.2, 0) is 9.53 Å². The highest BCUT2D eigenvalue weighted by Gasteiger charge is 2.46. The fourth-order valence-corrected chi connectivity index (χ4v) is 6.27. The van der Waals surface area contributed by atoms with E-state index in [4.69, 9.17) is 14.2 Å². The van der Waals surface area contributed by atoms with Gasteiger partial charge >= 0.3 is 12.1 Å². The van der Waals surface area contributed by atoms with Crippen LogP contribution >= 0.6 is 27.3 Å². The highest BCUT2D eigenvalue weighted by molar-refractivity contribution is 9.10. The van der Waals surface area contributed by atoms with E-state index in [2.05, 4.69) is 27.5 Å². The van der Waals surface area contributed by atoms with E-state index in [-0.39, 0.29) is 33.9 Å². The minimum absolute atomic E-state index is 0.0798. The van der Waals surface area contributed by atoms with Crippen molar-refractivity contribution in [3.8, 4) is 11.5 Å². The zero-order valence-corrected chi connectivity index (χ0v) is 25.3. The third kappa shape index (κ3) is 5.76. The van der Waals surface area contributed by atoms with Crippen molar-refractivity contribution in [3.63, 3.8) is 0 Å². The van der Waals surface area contributed by atoms with E-state index in [1.54, 1.807) is 60.7 Å². The Bertz CT molecular complexity index is 1960. The summed E-state index contributed by atoms with van der Waals surface area (Å²) in [4.78, 5) is 31.1. The van der Waals surface area contributed by atoms with Gasteiger partial charge in [-0.25, -0.2) is 9.79 Å². The Morgan fingerprint density at radius 3 is 2.60 bits per heavy atom. The number of aromatic nitrogens is 1. The van der Waals surface area contributed by atoms with Gasteiger partial charge in [0.05, 0.1) is 23.8 Å². The fourth-order valence-electron chi connectivity index (χ4n) is 4.90. The van der Waals surface area contributed by atoms with E-state index < -0.39 is 35.0 Å². The molecule has 0 fully saturated rings. The molecule has 0 bridgehead atoms. The number of methoxy groups -OCH3 is 1. The molecule has 0 saturated carbocycles. The van der Waals surface area contributed by atoms with E-state index in [9.17, 15) is 22.8 Å². The molecule has 222 valence electrons. The van der Waals surface area contributed by atoms with Crippen LogP contribution in [0.3, 0.4) is 0 Å². The minimum atomic E-state index is -5.04. The molecule has 3 aromatic carbocycles. The molecular formula is C31H24BrF3N2O5S. The summed E-state index contributed by atoms with van der Waals surface area (Å²) in [5.74, 6) is -0.611. The molecule has 12 heteroatoms. The summed E-state index contributed by atoms with van der Waals surface area (Å²) in [6.07, 6.45) is -1.96. The number of alkyl halides is 3. The second-order valence-electron chi connectivity index (χ2n) is 9.25. The SMILES string of the molecule is C=CCOc1ccc(Br)cc1/C=c1\sc2n(c1=O)[C@@H](c1c(OC)ccc3ccccc13)C(C(=O)OCC)=C(C(F)(F)F)N=2. The normalized spacial score (nSPS) is 15.2. The Balaban J connectivity index is 1.90. The molecule has 1 aliphatic heterocycles. The van der Waals surface area contributed by atoms with Gasteiger partial charge in [0.25, 0.3) is 5.56 Å². The van der Waals surface area contributed by atoms with Crippen LogP contribution in [0.1, 0.15) is 24.1 Å². The highest BCUT2D eigenvalue weighted by Crippen LogP contribution is 2.43. The quantitative estimate of drug-likeness (QED) is 0.174. The maximum absolute atomic E-state index is 14.6. The summed E-state index contributed by atoms with van der Waals surface area (Å²) in [6, 6.07) is 13.9. The van der Waals surface area contributed by atoms with E-state index >= 15 is 0 Å². The molecule has 7 nitrogen and oxygen atoms in total. The lowest BCUT2D eigenvalue weighted by Crippen LogP contribution is -2.41. The number of hydrogen-bond donors (Lipinski definition) is 0. The number of carbonyl (C=O) groups excluding carboxylic acids is 1. The van der Waals surface area contributed by atoms with Crippen molar-refractivity contribution in [1.29, 1.82) is 0 Å². The summed E-state index contributed by atoms with van der Waals surface area (Å²) in [5, 5.41) is 1.17.